The summed E-state index contributed by atoms with van der Waals surface area (Å²) < 4.78 is 17.6. The minimum Gasteiger partial charge on any atom is -0.507 e. The van der Waals surface area contributed by atoms with Gasteiger partial charge in [-0.15, -0.1) is 10.2 Å². The number of hydrogen-bond acceptors (Lipinski definition) is 10. The van der Waals surface area contributed by atoms with Crippen LogP contribution in [0.2, 0.25) is 5.02 Å². The smallest absolute Gasteiger partial charge is 0.301 e. The fourth-order valence-corrected chi connectivity index (χ4v) is 6.90. The van der Waals surface area contributed by atoms with Gasteiger partial charge in [-0.2, -0.15) is 0 Å². The summed E-state index contributed by atoms with van der Waals surface area (Å²) in [6.45, 7) is 3.08. The van der Waals surface area contributed by atoms with Crippen LogP contribution in [0, 0.1) is 0 Å². The van der Waals surface area contributed by atoms with Crippen LogP contribution in [0.15, 0.2) is 76.6 Å². The molecule has 3 heterocycles. The fourth-order valence-electron chi connectivity index (χ4n) is 4.75. The number of amides is 1. The van der Waals surface area contributed by atoms with E-state index in [1.165, 1.54) is 28.0 Å². The lowest BCUT2D eigenvalue weighted by Crippen LogP contribution is -2.29. The topological polar surface area (TPSA) is 111 Å². The Morgan fingerprint density at radius 2 is 1.88 bits per heavy atom. The number of hydrogen-bond donors (Lipinski definition) is 1. The average Bonchev–Trinajstić information content (AvgIpc) is 3.58. The predicted molar refractivity (Wildman–Crippen MR) is 161 cm³/mol. The van der Waals surface area contributed by atoms with E-state index in [0.717, 1.165) is 5.56 Å². The van der Waals surface area contributed by atoms with Crippen molar-refractivity contribution < 1.29 is 28.9 Å². The number of ketones is 1. The van der Waals surface area contributed by atoms with Gasteiger partial charge in [0, 0.05) is 16.3 Å². The van der Waals surface area contributed by atoms with Crippen LogP contribution in [0.25, 0.3) is 5.76 Å². The van der Waals surface area contributed by atoms with Gasteiger partial charge in [0.1, 0.15) is 24.7 Å². The molecule has 0 bridgehead atoms. The number of aromatic nitrogens is 2. The summed E-state index contributed by atoms with van der Waals surface area (Å²) >= 11 is 8.91. The second kappa shape index (κ2) is 12.0. The molecular formula is C30H24ClN3O6S2. The van der Waals surface area contributed by atoms with E-state index < -0.39 is 17.7 Å². The van der Waals surface area contributed by atoms with Gasteiger partial charge < -0.3 is 19.3 Å². The minimum atomic E-state index is -0.979. The molecule has 214 valence electrons. The predicted octanol–water partition coefficient (Wildman–Crippen LogP) is 6.28. The number of halogens is 1. The third-order valence-electron chi connectivity index (χ3n) is 6.66. The number of Topliss-reactive ketones (excluding diaryl/α,β-unsaturated/α-hetero) is 1. The fraction of sp³-hybridized carbons (Fsp3) is 0.200. The van der Waals surface area contributed by atoms with E-state index in [1.807, 2.05) is 31.2 Å². The van der Waals surface area contributed by atoms with Gasteiger partial charge in [0.15, 0.2) is 15.8 Å². The molecule has 4 aromatic rings. The number of anilines is 1. The van der Waals surface area contributed by atoms with Crippen molar-refractivity contribution in [1.29, 1.82) is 0 Å². The van der Waals surface area contributed by atoms with Crippen molar-refractivity contribution in [3.8, 4) is 17.2 Å². The van der Waals surface area contributed by atoms with Crippen LogP contribution in [-0.4, -0.2) is 46.8 Å². The zero-order valence-corrected chi connectivity index (χ0v) is 24.7. The zero-order valence-electron chi connectivity index (χ0n) is 22.3. The molecule has 42 heavy (non-hydrogen) atoms. The Bertz CT molecular complexity index is 1710. The van der Waals surface area contributed by atoms with Crippen molar-refractivity contribution in [2.45, 2.75) is 23.1 Å². The van der Waals surface area contributed by atoms with E-state index in [4.69, 9.17) is 25.8 Å². The van der Waals surface area contributed by atoms with E-state index in [-0.39, 0.29) is 16.5 Å². The van der Waals surface area contributed by atoms with E-state index in [2.05, 4.69) is 10.2 Å². The Balaban J connectivity index is 1.41. The summed E-state index contributed by atoms with van der Waals surface area (Å²) in [7, 11) is 0. The van der Waals surface area contributed by atoms with E-state index in [0.29, 0.717) is 63.3 Å². The maximum Gasteiger partial charge on any atom is 0.301 e. The van der Waals surface area contributed by atoms with Crippen molar-refractivity contribution in [3.63, 3.8) is 0 Å². The van der Waals surface area contributed by atoms with Crippen LogP contribution in [0.3, 0.4) is 0 Å². The molecule has 0 unspecified atom stereocenters. The normalized spacial score (nSPS) is 17.5. The third-order valence-corrected chi connectivity index (χ3v) is 9.13. The van der Waals surface area contributed by atoms with Gasteiger partial charge in [0.2, 0.25) is 5.13 Å². The maximum atomic E-state index is 13.6. The molecule has 1 atom stereocenters. The second-order valence-corrected chi connectivity index (χ2v) is 11.8. The molecule has 1 saturated heterocycles. The summed E-state index contributed by atoms with van der Waals surface area (Å²) in [5.41, 5.74) is 1.75. The standard InChI is InChI=1S/C30H24ClN3O6S2/c1-2-38-20-8-5-7-17(14-20)25-24(26(35)18-10-11-22-23(15-18)40-13-12-39-22)27(36)28(37)34(25)29-32-33-30(42-29)41-16-19-6-3-4-9-21(19)31/h3-11,14-15,25,35H,2,12-13,16H2,1H3/t25-/m1/s1. The SMILES string of the molecule is CCOc1cccc([C@@H]2C(=C(O)c3ccc4c(c3)OCCO4)C(=O)C(=O)N2c2nnc(SCc3ccccc3Cl)s2)c1. The van der Waals surface area contributed by atoms with Gasteiger partial charge in [-0.3, -0.25) is 14.5 Å². The molecule has 0 spiro atoms. The van der Waals surface area contributed by atoms with Crippen molar-refractivity contribution in [3.05, 3.63) is 94.0 Å². The van der Waals surface area contributed by atoms with Crippen molar-refractivity contribution in [2.24, 2.45) is 0 Å². The van der Waals surface area contributed by atoms with E-state index in [1.54, 1.807) is 42.5 Å². The number of carbonyl (C=O) groups excluding carboxylic acids is 2. The molecule has 1 fully saturated rings. The zero-order chi connectivity index (χ0) is 29.2. The highest BCUT2D eigenvalue weighted by molar-refractivity contribution is 8.00. The molecule has 0 saturated carbocycles. The first-order chi connectivity index (χ1) is 20.4. The Hall–Kier alpha value is -4.06. The Labute approximate surface area is 254 Å². The number of benzene rings is 3. The lowest BCUT2D eigenvalue weighted by atomic mass is 9.95. The summed E-state index contributed by atoms with van der Waals surface area (Å²) in [6.07, 6.45) is 0. The highest BCUT2D eigenvalue weighted by Gasteiger charge is 2.48. The van der Waals surface area contributed by atoms with Crippen LogP contribution in [0.4, 0.5) is 5.13 Å². The summed E-state index contributed by atoms with van der Waals surface area (Å²) in [4.78, 5) is 28.5. The molecule has 1 amide bonds. The Kier molecular flexibility index (Phi) is 8.05. The molecule has 12 heteroatoms. The molecule has 2 aliphatic heterocycles. The number of fused-ring (bicyclic) bond motifs is 1. The Morgan fingerprint density at radius 1 is 1.07 bits per heavy atom. The quantitative estimate of drug-likeness (QED) is 0.0799. The van der Waals surface area contributed by atoms with E-state index >= 15 is 0 Å². The minimum absolute atomic E-state index is 0.0780. The van der Waals surface area contributed by atoms with Gasteiger partial charge in [-0.1, -0.05) is 65.0 Å². The number of thioether (sulfide) groups is 1. The molecule has 3 aromatic carbocycles. The second-order valence-electron chi connectivity index (χ2n) is 9.26. The lowest BCUT2D eigenvalue weighted by molar-refractivity contribution is -0.132. The number of carbonyl (C=O) groups is 2. The molecule has 0 aliphatic carbocycles. The molecule has 9 nitrogen and oxygen atoms in total. The number of rotatable bonds is 8. The molecule has 0 radical (unpaired) electrons. The summed E-state index contributed by atoms with van der Waals surface area (Å²) in [6, 6.07) is 18.5. The molecule has 6 rings (SSSR count). The first-order valence-corrected chi connectivity index (χ1v) is 15.3. The monoisotopic (exact) mass is 621 g/mol. The highest BCUT2D eigenvalue weighted by Crippen LogP contribution is 2.45. The van der Waals surface area contributed by atoms with Crippen LogP contribution in [0.5, 0.6) is 17.2 Å². The van der Waals surface area contributed by atoms with Gasteiger partial charge in [-0.25, -0.2) is 0 Å². The van der Waals surface area contributed by atoms with Crippen LogP contribution in [-0.2, 0) is 15.3 Å². The van der Waals surface area contributed by atoms with Gasteiger partial charge >= 0.3 is 5.91 Å². The number of nitrogens with zero attached hydrogens (tertiary/aromatic N) is 3. The molecule has 1 aromatic heterocycles. The molecule has 1 N–H and O–H groups in total. The first kappa shape index (κ1) is 28.1. The van der Waals surface area contributed by atoms with Crippen LogP contribution >= 0.6 is 34.7 Å². The lowest BCUT2D eigenvalue weighted by Gasteiger charge is -2.23. The average molecular weight is 622 g/mol. The largest absolute Gasteiger partial charge is 0.507 e. The third kappa shape index (κ3) is 5.42. The van der Waals surface area contributed by atoms with Crippen LogP contribution in [0.1, 0.15) is 29.7 Å². The maximum absolute atomic E-state index is 13.6. The van der Waals surface area contributed by atoms with Crippen molar-refractivity contribution >= 4 is 57.3 Å². The summed E-state index contributed by atoms with van der Waals surface area (Å²) in [5.74, 6) is 0.102. The van der Waals surface area contributed by atoms with Gasteiger partial charge in [-0.05, 0) is 54.4 Å². The number of ether oxygens (including phenoxy) is 3. The van der Waals surface area contributed by atoms with E-state index in [9.17, 15) is 14.7 Å². The molecule has 2 aliphatic rings. The Morgan fingerprint density at radius 3 is 2.69 bits per heavy atom. The van der Waals surface area contributed by atoms with Crippen LogP contribution < -0.4 is 19.1 Å². The summed E-state index contributed by atoms with van der Waals surface area (Å²) in [5, 5.41) is 20.9. The number of aliphatic hydroxyl groups is 1. The van der Waals surface area contributed by atoms with Crippen molar-refractivity contribution in [2.75, 3.05) is 24.7 Å². The highest BCUT2D eigenvalue weighted by atomic mass is 35.5. The number of aliphatic hydroxyl groups excluding tert-OH is 1. The van der Waals surface area contributed by atoms with Gasteiger partial charge in [0.05, 0.1) is 18.2 Å². The molecular weight excluding hydrogens is 598 g/mol. The van der Waals surface area contributed by atoms with Crippen molar-refractivity contribution in [1.82, 2.24) is 10.2 Å². The van der Waals surface area contributed by atoms with Gasteiger partial charge in [0.25, 0.3) is 5.78 Å². The first-order valence-electron chi connectivity index (χ1n) is 13.1.